The molecule has 158 valence electrons. The van der Waals surface area contributed by atoms with Crippen LogP contribution in [0, 0.1) is 5.41 Å². The van der Waals surface area contributed by atoms with Crippen LogP contribution in [0.1, 0.15) is 35.0 Å². The summed E-state index contributed by atoms with van der Waals surface area (Å²) in [5.41, 5.74) is 8.19. The minimum atomic E-state index is -0.579. The molecule has 1 aliphatic rings. The van der Waals surface area contributed by atoms with Crippen molar-refractivity contribution in [3.63, 3.8) is 0 Å². The highest BCUT2D eigenvalue weighted by Gasteiger charge is 2.30. The molecule has 2 aromatic carbocycles. The number of anilines is 1. The van der Waals surface area contributed by atoms with Gasteiger partial charge in [-0.1, -0.05) is 54.6 Å². The maximum atomic E-state index is 13.0. The molecule has 0 aliphatic carbocycles. The summed E-state index contributed by atoms with van der Waals surface area (Å²) < 4.78 is 1.50. The van der Waals surface area contributed by atoms with Gasteiger partial charge >= 0.3 is 0 Å². The van der Waals surface area contributed by atoms with Crippen molar-refractivity contribution in [2.75, 3.05) is 5.32 Å². The topological polar surface area (TPSA) is 126 Å². The lowest BCUT2D eigenvalue weighted by molar-refractivity contribution is -0.124. The van der Waals surface area contributed by atoms with Crippen molar-refractivity contribution in [2.24, 2.45) is 5.73 Å². The molecule has 0 bridgehead atoms. The molecule has 3 aromatic rings. The number of hydrogen-bond acceptors (Lipinski definition) is 5. The number of fused-ring (bicyclic) bond motifs is 1. The molecule has 0 saturated carbocycles. The highest BCUT2D eigenvalue weighted by atomic mass is 16.2. The summed E-state index contributed by atoms with van der Waals surface area (Å²) in [4.78, 5) is 30.2. The van der Waals surface area contributed by atoms with Gasteiger partial charge in [0, 0.05) is 25.1 Å². The van der Waals surface area contributed by atoms with Crippen LogP contribution in [0.2, 0.25) is 0 Å². The minimum Gasteiger partial charge on any atom is -0.384 e. The Kier molecular flexibility index (Phi) is 5.79. The molecule has 0 unspecified atom stereocenters. The maximum Gasteiger partial charge on any atom is 0.277 e. The standard InChI is InChI=1S/C23H24N6O2/c24-21(25)17-8-6-16(7-9-17)13-28-22(30)19-10-11-20-27-14-18(23(31)29(19)20)26-12-15-4-2-1-3-5-15/h1-9,14,19,26H,10-13H2,(H3,24,25)(H,28,30)/t19-/m0/s1. The number of nitrogens with zero attached hydrogens (tertiary/aromatic N) is 2. The predicted molar refractivity (Wildman–Crippen MR) is 119 cm³/mol. The zero-order chi connectivity index (χ0) is 21.8. The summed E-state index contributed by atoms with van der Waals surface area (Å²) in [5, 5.41) is 13.5. The average molecular weight is 416 g/mol. The fourth-order valence-electron chi connectivity index (χ4n) is 3.68. The van der Waals surface area contributed by atoms with Crippen LogP contribution >= 0.6 is 0 Å². The fourth-order valence-corrected chi connectivity index (χ4v) is 3.68. The van der Waals surface area contributed by atoms with Gasteiger partial charge in [0.05, 0.1) is 6.20 Å². The average Bonchev–Trinajstić information content (AvgIpc) is 3.23. The predicted octanol–water partition coefficient (Wildman–Crippen LogP) is 1.94. The van der Waals surface area contributed by atoms with Gasteiger partial charge in [-0.05, 0) is 17.5 Å². The summed E-state index contributed by atoms with van der Waals surface area (Å²) in [7, 11) is 0. The first-order valence-electron chi connectivity index (χ1n) is 10.1. The zero-order valence-electron chi connectivity index (χ0n) is 17.0. The number of aromatic nitrogens is 2. The van der Waals surface area contributed by atoms with Crippen molar-refractivity contribution in [1.82, 2.24) is 14.9 Å². The lowest BCUT2D eigenvalue weighted by Crippen LogP contribution is -2.36. The van der Waals surface area contributed by atoms with E-state index in [0.29, 0.717) is 43.0 Å². The van der Waals surface area contributed by atoms with Gasteiger partial charge in [-0.25, -0.2) is 4.98 Å². The van der Waals surface area contributed by atoms with E-state index >= 15 is 0 Å². The summed E-state index contributed by atoms with van der Waals surface area (Å²) in [6.45, 7) is 0.835. The number of hydrogen-bond donors (Lipinski definition) is 4. The molecule has 4 rings (SSSR count). The van der Waals surface area contributed by atoms with Gasteiger partial charge in [-0.2, -0.15) is 0 Å². The Bertz CT molecular complexity index is 1150. The summed E-state index contributed by atoms with van der Waals surface area (Å²) in [6.07, 6.45) is 2.67. The molecular weight excluding hydrogens is 392 g/mol. The number of amides is 1. The van der Waals surface area contributed by atoms with Crippen LogP contribution in [-0.4, -0.2) is 21.3 Å². The highest BCUT2D eigenvalue weighted by Crippen LogP contribution is 2.23. The number of aryl methyl sites for hydroxylation is 1. The van der Waals surface area contributed by atoms with Gasteiger partial charge in [0.1, 0.15) is 23.4 Å². The molecule has 0 fully saturated rings. The number of carbonyl (C=O) groups is 1. The molecule has 0 saturated heterocycles. The Hall–Kier alpha value is -3.94. The minimum absolute atomic E-state index is 0.00158. The molecule has 1 amide bonds. The maximum absolute atomic E-state index is 13.0. The van der Waals surface area contributed by atoms with Crippen LogP contribution in [-0.2, 0) is 24.3 Å². The Morgan fingerprint density at radius 3 is 2.52 bits per heavy atom. The lowest BCUT2D eigenvalue weighted by atomic mass is 10.1. The fraction of sp³-hybridized carbons (Fsp3) is 0.217. The van der Waals surface area contributed by atoms with Gasteiger partial charge in [0.2, 0.25) is 5.91 Å². The van der Waals surface area contributed by atoms with E-state index in [4.69, 9.17) is 11.1 Å². The van der Waals surface area contributed by atoms with Gasteiger partial charge in [0.15, 0.2) is 0 Å². The van der Waals surface area contributed by atoms with Crippen LogP contribution in [0.25, 0.3) is 0 Å². The third kappa shape index (κ3) is 4.48. The molecule has 1 aliphatic heterocycles. The largest absolute Gasteiger partial charge is 0.384 e. The molecule has 0 radical (unpaired) electrons. The number of carbonyl (C=O) groups excluding carboxylic acids is 1. The number of amidine groups is 1. The van der Waals surface area contributed by atoms with E-state index in [0.717, 1.165) is 11.1 Å². The van der Waals surface area contributed by atoms with Crippen molar-refractivity contribution in [3.05, 3.63) is 93.7 Å². The molecule has 2 heterocycles. The van der Waals surface area contributed by atoms with E-state index in [2.05, 4.69) is 15.6 Å². The van der Waals surface area contributed by atoms with Crippen LogP contribution in [0.4, 0.5) is 5.69 Å². The van der Waals surface area contributed by atoms with E-state index in [1.807, 2.05) is 42.5 Å². The van der Waals surface area contributed by atoms with Crippen LogP contribution in [0.5, 0.6) is 0 Å². The second-order valence-electron chi connectivity index (χ2n) is 7.49. The molecule has 1 atom stereocenters. The van der Waals surface area contributed by atoms with Crippen LogP contribution < -0.4 is 21.9 Å². The summed E-state index contributed by atoms with van der Waals surface area (Å²) >= 11 is 0. The van der Waals surface area contributed by atoms with Gasteiger partial charge in [-0.15, -0.1) is 0 Å². The molecule has 8 heteroatoms. The van der Waals surface area contributed by atoms with Crippen molar-refractivity contribution >= 4 is 17.4 Å². The normalized spacial score (nSPS) is 14.6. The van der Waals surface area contributed by atoms with E-state index in [-0.39, 0.29) is 17.3 Å². The SMILES string of the molecule is N=C(N)c1ccc(CNC(=O)[C@@H]2CCc3ncc(NCc4ccccc4)c(=O)n32)cc1. The molecular formula is C23H24N6O2. The first-order valence-corrected chi connectivity index (χ1v) is 10.1. The van der Waals surface area contributed by atoms with Crippen molar-refractivity contribution in [2.45, 2.75) is 32.0 Å². The Morgan fingerprint density at radius 2 is 1.81 bits per heavy atom. The smallest absolute Gasteiger partial charge is 0.277 e. The third-order valence-corrected chi connectivity index (χ3v) is 5.38. The number of nitrogens with two attached hydrogens (primary N) is 1. The van der Waals surface area contributed by atoms with Crippen molar-refractivity contribution < 1.29 is 4.79 Å². The molecule has 31 heavy (non-hydrogen) atoms. The van der Waals surface area contributed by atoms with Crippen molar-refractivity contribution in [1.29, 1.82) is 5.41 Å². The number of benzene rings is 2. The van der Waals surface area contributed by atoms with Crippen molar-refractivity contribution in [3.8, 4) is 0 Å². The summed E-state index contributed by atoms with van der Waals surface area (Å²) in [5.74, 6) is 0.418. The quantitative estimate of drug-likeness (QED) is 0.346. The van der Waals surface area contributed by atoms with Gasteiger partial charge in [0.25, 0.3) is 5.56 Å². The summed E-state index contributed by atoms with van der Waals surface area (Å²) in [6, 6.07) is 16.3. The Morgan fingerprint density at radius 1 is 1.10 bits per heavy atom. The van der Waals surface area contributed by atoms with Crippen LogP contribution in [0.3, 0.4) is 0 Å². The first-order chi connectivity index (χ1) is 15.0. The monoisotopic (exact) mass is 416 g/mol. The lowest BCUT2D eigenvalue weighted by Gasteiger charge is -2.16. The first kappa shape index (κ1) is 20.3. The molecule has 1 aromatic heterocycles. The highest BCUT2D eigenvalue weighted by molar-refractivity contribution is 5.94. The second-order valence-corrected chi connectivity index (χ2v) is 7.49. The van der Waals surface area contributed by atoms with Crippen LogP contribution in [0.15, 0.2) is 65.6 Å². The Balaban J connectivity index is 1.44. The Labute approximate surface area is 179 Å². The number of nitrogen functional groups attached to an aromatic ring is 1. The van der Waals surface area contributed by atoms with Gasteiger partial charge in [-0.3, -0.25) is 19.6 Å². The molecule has 5 N–H and O–H groups in total. The number of nitrogens with one attached hydrogen (secondary N) is 3. The van der Waals surface area contributed by atoms with E-state index in [1.54, 1.807) is 18.3 Å². The zero-order valence-corrected chi connectivity index (χ0v) is 17.0. The van der Waals surface area contributed by atoms with Gasteiger partial charge < -0.3 is 16.4 Å². The second kappa shape index (κ2) is 8.83. The molecule has 8 nitrogen and oxygen atoms in total. The van der Waals surface area contributed by atoms with E-state index in [1.165, 1.54) is 4.57 Å². The van der Waals surface area contributed by atoms with E-state index in [9.17, 15) is 9.59 Å². The third-order valence-electron chi connectivity index (χ3n) is 5.38. The van der Waals surface area contributed by atoms with E-state index < -0.39 is 6.04 Å². The number of rotatable bonds is 7. The molecule has 0 spiro atoms.